The Morgan fingerprint density at radius 1 is 1.03 bits per heavy atom. The van der Waals surface area contributed by atoms with E-state index in [4.69, 9.17) is 0 Å². The van der Waals surface area contributed by atoms with E-state index >= 15 is 0 Å². The van der Waals surface area contributed by atoms with Gasteiger partial charge in [-0.25, -0.2) is 8.78 Å². The zero-order valence-corrected chi connectivity index (χ0v) is 22.2. The third-order valence-electron chi connectivity index (χ3n) is 7.04. The van der Waals surface area contributed by atoms with Gasteiger partial charge in [0.25, 0.3) is 0 Å². The number of ketones is 1. The molecule has 6 nitrogen and oxygen atoms in total. The summed E-state index contributed by atoms with van der Waals surface area (Å²) in [6.45, 7) is 5.65. The number of hydrogen-bond donors (Lipinski definition) is 2. The fourth-order valence-corrected chi connectivity index (χ4v) is 4.83. The first kappa shape index (κ1) is 27.6. The van der Waals surface area contributed by atoms with Gasteiger partial charge < -0.3 is 10.6 Å². The Morgan fingerprint density at radius 2 is 1.74 bits per heavy atom. The molecule has 202 valence electrons. The molecule has 38 heavy (non-hydrogen) atoms. The van der Waals surface area contributed by atoms with Crippen LogP contribution < -0.4 is 10.6 Å². The van der Waals surface area contributed by atoms with Crippen LogP contribution in [0.1, 0.15) is 70.4 Å². The van der Waals surface area contributed by atoms with Crippen LogP contribution in [-0.4, -0.2) is 34.4 Å². The molecule has 0 unspecified atom stereocenters. The van der Waals surface area contributed by atoms with Gasteiger partial charge in [-0.05, 0) is 76.3 Å². The Morgan fingerprint density at radius 3 is 2.37 bits per heavy atom. The molecule has 1 saturated carbocycles. The molecule has 0 spiro atoms. The summed E-state index contributed by atoms with van der Waals surface area (Å²) in [5.74, 6) is -1.89. The van der Waals surface area contributed by atoms with Crippen molar-refractivity contribution in [2.75, 3.05) is 0 Å². The second-order valence-electron chi connectivity index (χ2n) is 11.4. The molecule has 0 bridgehead atoms. The fourth-order valence-electron chi connectivity index (χ4n) is 4.83. The Bertz CT molecular complexity index is 1240. The maximum Gasteiger partial charge on any atom is 0.224 e. The van der Waals surface area contributed by atoms with E-state index in [9.17, 15) is 23.2 Å². The van der Waals surface area contributed by atoms with Gasteiger partial charge in [-0.3, -0.25) is 19.4 Å². The molecule has 4 rings (SSSR count). The summed E-state index contributed by atoms with van der Waals surface area (Å²) in [6.07, 6.45) is 2.76. The molecule has 2 aromatic carbocycles. The monoisotopic (exact) mass is 523 g/mol. The number of fused-ring (bicyclic) bond motifs is 1. The lowest BCUT2D eigenvalue weighted by Crippen LogP contribution is -2.46. The van der Waals surface area contributed by atoms with Crippen molar-refractivity contribution in [3.05, 3.63) is 65.2 Å². The lowest BCUT2D eigenvalue weighted by molar-refractivity contribution is -0.131. The lowest BCUT2D eigenvalue weighted by atomic mass is 9.92. The Balaban J connectivity index is 1.41. The van der Waals surface area contributed by atoms with E-state index in [2.05, 4.69) is 15.6 Å². The van der Waals surface area contributed by atoms with Crippen LogP contribution in [0.5, 0.6) is 0 Å². The average molecular weight is 524 g/mol. The number of nitrogens with one attached hydrogen (secondary N) is 2. The van der Waals surface area contributed by atoms with E-state index in [0.29, 0.717) is 36.9 Å². The number of carbonyl (C=O) groups is 3. The van der Waals surface area contributed by atoms with Gasteiger partial charge in [0.1, 0.15) is 17.4 Å². The maximum absolute atomic E-state index is 14.3. The zero-order valence-electron chi connectivity index (χ0n) is 22.2. The third kappa shape index (κ3) is 7.11. The average Bonchev–Trinajstić information content (AvgIpc) is 3.47. The van der Waals surface area contributed by atoms with Gasteiger partial charge in [-0.1, -0.05) is 18.2 Å². The minimum absolute atomic E-state index is 0.00718. The van der Waals surface area contributed by atoms with Crippen molar-refractivity contribution >= 4 is 29.0 Å². The molecule has 1 atom stereocenters. The molecule has 2 aliphatic rings. The predicted molar refractivity (Wildman–Crippen MR) is 142 cm³/mol. The van der Waals surface area contributed by atoms with Gasteiger partial charge in [0.05, 0.1) is 11.2 Å². The van der Waals surface area contributed by atoms with E-state index in [1.807, 2.05) is 20.8 Å². The molecule has 0 saturated heterocycles. The van der Waals surface area contributed by atoms with Crippen molar-refractivity contribution in [2.24, 2.45) is 10.9 Å². The SMILES string of the molecule is CC(C)(C)NC(=O)CC[C@H](CC(=O)CCc1ccc(F)cc1)C(=O)NC1(C2=Nc3cccc(F)c3C2)CC1. The molecule has 8 heteroatoms. The van der Waals surface area contributed by atoms with Crippen LogP contribution >= 0.6 is 0 Å². The number of halogens is 2. The number of hydrogen-bond acceptors (Lipinski definition) is 4. The van der Waals surface area contributed by atoms with E-state index in [1.54, 1.807) is 24.3 Å². The minimum Gasteiger partial charge on any atom is -0.352 e. The molecule has 2 amide bonds. The van der Waals surface area contributed by atoms with Crippen LogP contribution in [0.2, 0.25) is 0 Å². The molecule has 0 aromatic heterocycles. The molecule has 0 radical (unpaired) electrons. The molecule has 1 aliphatic heterocycles. The van der Waals surface area contributed by atoms with E-state index in [-0.39, 0.29) is 54.9 Å². The summed E-state index contributed by atoms with van der Waals surface area (Å²) in [5, 5.41) is 6.00. The van der Waals surface area contributed by atoms with Gasteiger partial charge in [0, 0.05) is 48.4 Å². The quantitative estimate of drug-likeness (QED) is 0.427. The van der Waals surface area contributed by atoms with Crippen LogP contribution in [0.25, 0.3) is 0 Å². The minimum atomic E-state index is -0.681. The van der Waals surface area contributed by atoms with Crippen molar-refractivity contribution in [1.82, 2.24) is 10.6 Å². The Labute approximate surface area is 222 Å². The van der Waals surface area contributed by atoms with Crippen molar-refractivity contribution in [2.45, 2.75) is 83.2 Å². The van der Waals surface area contributed by atoms with Crippen LogP contribution in [0, 0.1) is 17.6 Å². The predicted octanol–water partition coefficient (Wildman–Crippen LogP) is 5.15. The van der Waals surface area contributed by atoms with E-state index in [0.717, 1.165) is 11.3 Å². The second kappa shape index (κ2) is 11.1. The van der Waals surface area contributed by atoms with Gasteiger partial charge >= 0.3 is 0 Å². The standard InChI is InChI=1S/C30H35F2N3O3/c1-29(2,3)34-27(37)14-10-20(17-22(36)13-9-19-7-11-21(31)12-8-19)28(38)35-30(15-16-30)26-18-23-24(32)5-4-6-25(23)33-26/h4-8,11-12,20H,9-10,13-18H2,1-3H3,(H,34,37)(H,35,38)/t20-/m1/s1. The molecule has 2 N–H and O–H groups in total. The molecular formula is C30H35F2N3O3. The second-order valence-corrected chi connectivity index (χ2v) is 11.4. The van der Waals surface area contributed by atoms with Crippen LogP contribution in [0.4, 0.5) is 14.5 Å². The highest BCUT2D eigenvalue weighted by molar-refractivity contribution is 6.05. The van der Waals surface area contributed by atoms with E-state index in [1.165, 1.54) is 18.2 Å². The van der Waals surface area contributed by atoms with Crippen molar-refractivity contribution in [1.29, 1.82) is 0 Å². The summed E-state index contributed by atoms with van der Waals surface area (Å²) in [6, 6.07) is 10.8. The van der Waals surface area contributed by atoms with E-state index < -0.39 is 17.0 Å². The Hall–Kier alpha value is -3.42. The fraction of sp³-hybridized carbons (Fsp3) is 0.467. The topological polar surface area (TPSA) is 87.6 Å². The Kier molecular flexibility index (Phi) is 8.09. The number of aliphatic imine (C=N–C) groups is 1. The highest BCUT2D eigenvalue weighted by Crippen LogP contribution is 2.43. The first-order valence-electron chi connectivity index (χ1n) is 13.2. The number of rotatable bonds is 11. The smallest absolute Gasteiger partial charge is 0.224 e. The third-order valence-corrected chi connectivity index (χ3v) is 7.04. The lowest BCUT2D eigenvalue weighted by Gasteiger charge is -2.24. The van der Waals surface area contributed by atoms with Gasteiger partial charge in [-0.15, -0.1) is 0 Å². The van der Waals surface area contributed by atoms with Crippen LogP contribution in [0.15, 0.2) is 47.5 Å². The maximum atomic E-state index is 14.3. The van der Waals surface area contributed by atoms with Crippen molar-refractivity contribution in [3.63, 3.8) is 0 Å². The molecule has 1 fully saturated rings. The summed E-state index contributed by atoms with van der Waals surface area (Å²) >= 11 is 0. The molecule has 2 aromatic rings. The number of aryl methyl sites for hydroxylation is 1. The first-order valence-corrected chi connectivity index (χ1v) is 13.2. The summed E-state index contributed by atoms with van der Waals surface area (Å²) in [4.78, 5) is 43.4. The van der Waals surface area contributed by atoms with Crippen molar-refractivity contribution < 1.29 is 23.2 Å². The number of carbonyl (C=O) groups excluding carboxylic acids is 3. The van der Waals surface area contributed by atoms with Gasteiger partial charge in [0.15, 0.2) is 0 Å². The number of benzene rings is 2. The number of Topliss-reactive ketones (excluding diaryl/α,β-unsaturated/α-hetero) is 1. The van der Waals surface area contributed by atoms with Gasteiger partial charge in [-0.2, -0.15) is 0 Å². The van der Waals surface area contributed by atoms with Gasteiger partial charge in [0.2, 0.25) is 11.8 Å². The normalized spacial score (nSPS) is 16.3. The van der Waals surface area contributed by atoms with Crippen molar-refractivity contribution in [3.8, 4) is 0 Å². The molecule has 1 heterocycles. The highest BCUT2D eigenvalue weighted by Gasteiger charge is 2.50. The molecular weight excluding hydrogens is 488 g/mol. The van der Waals surface area contributed by atoms with Crippen LogP contribution in [-0.2, 0) is 27.2 Å². The van der Waals surface area contributed by atoms with Crippen LogP contribution in [0.3, 0.4) is 0 Å². The summed E-state index contributed by atoms with van der Waals surface area (Å²) in [5.41, 5.74) is 1.67. The largest absolute Gasteiger partial charge is 0.352 e. The number of nitrogens with zero attached hydrogens (tertiary/aromatic N) is 1. The summed E-state index contributed by atoms with van der Waals surface area (Å²) < 4.78 is 27.4. The zero-order chi connectivity index (χ0) is 27.5. The number of amides is 2. The summed E-state index contributed by atoms with van der Waals surface area (Å²) in [7, 11) is 0. The first-order chi connectivity index (χ1) is 17.9. The molecule has 1 aliphatic carbocycles. The highest BCUT2D eigenvalue weighted by atomic mass is 19.1.